The Bertz CT molecular complexity index is 1030. The van der Waals surface area contributed by atoms with E-state index in [0.29, 0.717) is 0 Å². The Labute approximate surface area is 178 Å². The van der Waals surface area contributed by atoms with Crippen LogP contribution in [-0.2, 0) is 23.5 Å². The summed E-state index contributed by atoms with van der Waals surface area (Å²) in [5, 5.41) is -0.216. The lowest BCUT2D eigenvalue weighted by Gasteiger charge is -2.37. The van der Waals surface area contributed by atoms with Crippen LogP contribution in [0.2, 0.25) is 18.1 Å². The Morgan fingerprint density at radius 1 is 1.26 bits per heavy atom. The molecule has 1 aliphatic rings. The van der Waals surface area contributed by atoms with Gasteiger partial charge in [-0.25, -0.2) is 4.79 Å². The van der Waals surface area contributed by atoms with E-state index in [-0.39, 0.29) is 23.6 Å². The number of nitrogens with one attached hydrogen (secondary N) is 1. The van der Waals surface area contributed by atoms with Crippen LogP contribution in [0.25, 0.3) is 0 Å². The van der Waals surface area contributed by atoms with Crippen molar-refractivity contribution in [2.24, 2.45) is 0 Å². The first-order valence-corrected chi connectivity index (χ1v) is 13.8. The molecule has 2 rings (SSSR count). The summed E-state index contributed by atoms with van der Waals surface area (Å²) < 4.78 is 78.8. The summed E-state index contributed by atoms with van der Waals surface area (Å²) in [5.41, 5.74) is -6.90. The van der Waals surface area contributed by atoms with Gasteiger partial charge in [0.05, 0.1) is 6.61 Å². The van der Waals surface area contributed by atoms with Crippen LogP contribution in [-0.4, -0.2) is 50.6 Å². The van der Waals surface area contributed by atoms with Crippen LogP contribution in [0.5, 0.6) is 0 Å². The molecular formula is C17H27F3N2O7SSi. The van der Waals surface area contributed by atoms with Gasteiger partial charge in [-0.3, -0.25) is 18.5 Å². The molecule has 9 nitrogen and oxygen atoms in total. The number of aromatic nitrogens is 2. The maximum absolute atomic E-state index is 12.9. The molecule has 1 aromatic rings. The molecule has 1 aromatic heterocycles. The Hall–Kier alpha value is -1.48. The molecule has 1 N–H and O–H groups in total. The normalized spacial score (nSPS) is 23.3. The van der Waals surface area contributed by atoms with Gasteiger partial charge in [-0.1, -0.05) is 20.8 Å². The molecule has 0 unspecified atom stereocenters. The van der Waals surface area contributed by atoms with E-state index in [9.17, 15) is 31.2 Å². The van der Waals surface area contributed by atoms with Crippen LogP contribution in [0.4, 0.5) is 13.2 Å². The second kappa shape index (κ2) is 8.46. The topological polar surface area (TPSA) is 117 Å². The van der Waals surface area contributed by atoms with Crippen molar-refractivity contribution in [1.82, 2.24) is 9.55 Å². The van der Waals surface area contributed by atoms with Gasteiger partial charge >= 0.3 is 21.3 Å². The highest BCUT2D eigenvalue weighted by molar-refractivity contribution is 7.87. The minimum atomic E-state index is -5.90. The van der Waals surface area contributed by atoms with Crippen LogP contribution in [0, 0.1) is 6.92 Å². The Morgan fingerprint density at radius 3 is 2.35 bits per heavy atom. The summed E-state index contributed by atoms with van der Waals surface area (Å²) in [7, 11) is -8.25. The lowest BCUT2D eigenvalue weighted by atomic mass is 10.2. The smallest absolute Gasteiger partial charge is 0.414 e. The van der Waals surface area contributed by atoms with E-state index in [4.69, 9.17) is 9.16 Å². The molecule has 0 aromatic carbocycles. The number of halogens is 3. The molecule has 0 amide bonds. The van der Waals surface area contributed by atoms with Crippen molar-refractivity contribution in [3.05, 3.63) is 32.6 Å². The van der Waals surface area contributed by atoms with Gasteiger partial charge < -0.3 is 9.16 Å². The number of ether oxygens (including phenoxy) is 1. The summed E-state index contributed by atoms with van der Waals surface area (Å²) in [6.07, 6.45) is -3.05. The van der Waals surface area contributed by atoms with Gasteiger partial charge in [-0.2, -0.15) is 21.6 Å². The predicted octanol–water partition coefficient (Wildman–Crippen LogP) is 2.39. The van der Waals surface area contributed by atoms with Gasteiger partial charge in [-0.05, 0) is 25.1 Å². The van der Waals surface area contributed by atoms with Gasteiger partial charge in [0.2, 0.25) is 0 Å². The van der Waals surface area contributed by atoms with Crippen LogP contribution >= 0.6 is 0 Å². The molecule has 0 bridgehead atoms. The molecule has 14 heteroatoms. The van der Waals surface area contributed by atoms with Gasteiger partial charge in [0, 0.05) is 18.2 Å². The molecular weight excluding hydrogens is 461 g/mol. The molecule has 31 heavy (non-hydrogen) atoms. The van der Waals surface area contributed by atoms with Crippen molar-refractivity contribution in [1.29, 1.82) is 0 Å². The standard InChI is InChI=1S/C17H27F3N2O7SSi/c1-10-8-22(15(24)21-14(10)23)13-7-11(29-30(25,26)17(18,19)20)12(28-13)9-27-31(5,6)16(2,3)4/h8,11-13H,7,9H2,1-6H3,(H,21,23,24)/t11-,12+,13+/m0/s1. The fourth-order valence-corrected chi connectivity index (χ4v) is 4.30. The SMILES string of the molecule is Cc1cn([C@H]2C[C@H](OS(=O)(=O)C(F)(F)F)[C@@H](CO[Si](C)(C)C(C)(C)C)O2)c(=O)[nH]c1=O. The first kappa shape index (κ1) is 25.8. The Balaban J connectivity index is 2.34. The number of hydrogen-bond donors (Lipinski definition) is 1. The minimum Gasteiger partial charge on any atom is -0.414 e. The van der Waals surface area contributed by atoms with Crippen LogP contribution in [0.1, 0.15) is 39.0 Å². The molecule has 0 radical (unpaired) electrons. The number of H-pyrrole nitrogens is 1. The van der Waals surface area contributed by atoms with E-state index >= 15 is 0 Å². The first-order chi connectivity index (χ1) is 13.9. The van der Waals surface area contributed by atoms with Crippen molar-refractivity contribution in [2.75, 3.05) is 6.61 Å². The number of hydrogen-bond acceptors (Lipinski definition) is 7. The zero-order chi connectivity index (χ0) is 24.0. The zero-order valence-electron chi connectivity index (χ0n) is 18.1. The average molecular weight is 489 g/mol. The highest BCUT2D eigenvalue weighted by atomic mass is 32.2. The fourth-order valence-electron chi connectivity index (χ4n) is 2.65. The maximum Gasteiger partial charge on any atom is 0.523 e. The number of aryl methyl sites for hydroxylation is 1. The van der Waals surface area contributed by atoms with E-state index < -0.39 is 53.6 Å². The average Bonchev–Trinajstić information content (AvgIpc) is 2.96. The Morgan fingerprint density at radius 2 is 1.84 bits per heavy atom. The second-order valence-corrected chi connectivity index (χ2v) is 15.3. The van der Waals surface area contributed by atoms with E-state index in [0.717, 1.165) is 4.57 Å². The second-order valence-electron chi connectivity index (χ2n) is 8.95. The molecule has 1 fully saturated rings. The third kappa shape index (κ3) is 5.66. The molecule has 3 atom stereocenters. The third-order valence-electron chi connectivity index (χ3n) is 5.58. The maximum atomic E-state index is 12.9. The molecule has 178 valence electrons. The van der Waals surface area contributed by atoms with E-state index in [1.165, 1.54) is 13.1 Å². The Kier molecular flexibility index (Phi) is 7.03. The minimum absolute atomic E-state index is 0.171. The lowest BCUT2D eigenvalue weighted by molar-refractivity contribution is -0.0659. The number of nitrogens with zero attached hydrogens (tertiary/aromatic N) is 1. The van der Waals surface area contributed by atoms with Gasteiger partial charge in [-0.15, -0.1) is 0 Å². The molecule has 2 heterocycles. The summed E-state index contributed by atoms with van der Waals surface area (Å²) in [5.74, 6) is 0. The fraction of sp³-hybridized carbons (Fsp3) is 0.765. The van der Waals surface area contributed by atoms with Gasteiger partial charge in [0.25, 0.3) is 5.56 Å². The summed E-state index contributed by atoms with van der Waals surface area (Å²) in [6, 6.07) is 0. The molecule has 0 aliphatic carbocycles. The highest BCUT2D eigenvalue weighted by Crippen LogP contribution is 2.39. The van der Waals surface area contributed by atoms with Crippen molar-refractivity contribution in [2.45, 2.75) is 76.2 Å². The highest BCUT2D eigenvalue weighted by Gasteiger charge is 2.52. The van der Waals surface area contributed by atoms with E-state index in [2.05, 4.69) is 9.17 Å². The van der Waals surface area contributed by atoms with Gasteiger partial charge in [0.1, 0.15) is 18.4 Å². The van der Waals surface area contributed by atoms with Crippen LogP contribution < -0.4 is 11.2 Å². The van der Waals surface area contributed by atoms with E-state index in [1.807, 2.05) is 33.9 Å². The molecule has 0 spiro atoms. The van der Waals surface area contributed by atoms with Crippen LogP contribution in [0.3, 0.4) is 0 Å². The van der Waals surface area contributed by atoms with Crippen molar-refractivity contribution < 1.29 is 34.9 Å². The monoisotopic (exact) mass is 488 g/mol. The van der Waals surface area contributed by atoms with E-state index in [1.54, 1.807) is 0 Å². The zero-order valence-corrected chi connectivity index (χ0v) is 19.9. The van der Waals surface area contributed by atoms with Crippen molar-refractivity contribution >= 4 is 18.4 Å². The predicted molar refractivity (Wildman–Crippen MR) is 108 cm³/mol. The summed E-state index contributed by atoms with van der Waals surface area (Å²) >= 11 is 0. The number of aromatic amines is 1. The van der Waals surface area contributed by atoms with Crippen molar-refractivity contribution in [3.63, 3.8) is 0 Å². The van der Waals surface area contributed by atoms with Gasteiger partial charge in [0.15, 0.2) is 8.32 Å². The molecule has 1 aliphatic heterocycles. The molecule has 1 saturated heterocycles. The van der Waals surface area contributed by atoms with Crippen LogP contribution in [0.15, 0.2) is 15.8 Å². The third-order valence-corrected chi connectivity index (χ3v) is 11.2. The quantitative estimate of drug-likeness (QED) is 0.371. The molecule has 0 saturated carbocycles. The summed E-state index contributed by atoms with van der Waals surface area (Å²) in [4.78, 5) is 25.8. The summed E-state index contributed by atoms with van der Waals surface area (Å²) in [6.45, 7) is 10.9. The largest absolute Gasteiger partial charge is 0.523 e. The number of rotatable bonds is 6. The lowest BCUT2D eigenvalue weighted by Crippen LogP contribution is -2.44. The van der Waals surface area contributed by atoms with Crippen molar-refractivity contribution in [3.8, 4) is 0 Å². The first-order valence-electron chi connectivity index (χ1n) is 9.47. The number of alkyl halides is 3.